The van der Waals surface area contributed by atoms with E-state index in [1.54, 1.807) is 12.1 Å². The summed E-state index contributed by atoms with van der Waals surface area (Å²) in [6.07, 6.45) is 1.40. The van der Waals surface area contributed by atoms with Crippen LogP contribution in [-0.2, 0) is 0 Å². The summed E-state index contributed by atoms with van der Waals surface area (Å²) >= 11 is 0. The molecule has 0 saturated carbocycles. The number of benzene rings is 2. The van der Waals surface area contributed by atoms with Gasteiger partial charge in [-0.05, 0) is 48.9 Å². The van der Waals surface area contributed by atoms with Gasteiger partial charge in [0.05, 0.1) is 23.8 Å². The van der Waals surface area contributed by atoms with Crippen LogP contribution in [0.1, 0.15) is 28.8 Å². The van der Waals surface area contributed by atoms with Crippen LogP contribution in [0.3, 0.4) is 0 Å². The van der Waals surface area contributed by atoms with E-state index in [1.807, 2.05) is 37.3 Å². The molecule has 148 valence electrons. The fourth-order valence-corrected chi connectivity index (χ4v) is 2.82. The molecule has 1 unspecified atom stereocenters. The van der Waals surface area contributed by atoms with Crippen molar-refractivity contribution in [2.75, 3.05) is 25.0 Å². The molecule has 3 aromatic rings. The van der Waals surface area contributed by atoms with Gasteiger partial charge in [0, 0.05) is 30.3 Å². The monoisotopic (exact) mass is 389 g/mol. The molecule has 5 N–H and O–H groups in total. The van der Waals surface area contributed by atoms with E-state index in [2.05, 4.69) is 32.4 Å². The molecule has 1 aromatic heterocycles. The minimum absolute atomic E-state index is 0.0191. The van der Waals surface area contributed by atoms with Gasteiger partial charge in [0.2, 0.25) is 0 Å². The topological polar surface area (TPSA) is 113 Å². The maximum absolute atomic E-state index is 11.9. The van der Waals surface area contributed by atoms with E-state index in [1.165, 1.54) is 6.33 Å². The fraction of sp³-hybridized carbons (Fsp3) is 0.227. The summed E-state index contributed by atoms with van der Waals surface area (Å²) in [7, 11) is 0. The Morgan fingerprint density at radius 2 is 2.03 bits per heavy atom. The van der Waals surface area contributed by atoms with Crippen LogP contribution in [-0.4, -0.2) is 35.5 Å². The van der Waals surface area contributed by atoms with Crippen LogP contribution in [0.4, 0.5) is 5.69 Å². The van der Waals surface area contributed by atoms with Crippen LogP contribution in [0.25, 0.3) is 10.9 Å². The molecule has 0 aliphatic rings. The molecule has 0 radical (unpaired) electrons. The number of aromatic nitrogens is 2. The van der Waals surface area contributed by atoms with E-state index in [9.17, 15) is 9.59 Å². The van der Waals surface area contributed by atoms with Crippen LogP contribution in [0, 0.1) is 11.8 Å². The summed E-state index contributed by atoms with van der Waals surface area (Å²) in [6.45, 7) is 3.33. The summed E-state index contributed by atoms with van der Waals surface area (Å²) in [5, 5.41) is 6.50. The van der Waals surface area contributed by atoms with E-state index in [4.69, 9.17) is 5.73 Å². The molecule has 0 saturated heterocycles. The van der Waals surface area contributed by atoms with Gasteiger partial charge in [0.1, 0.15) is 0 Å². The molecule has 1 amide bonds. The summed E-state index contributed by atoms with van der Waals surface area (Å²) in [5.41, 5.74) is 8.33. The quantitative estimate of drug-likeness (QED) is 0.481. The van der Waals surface area contributed by atoms with Gasteiger partial charge in [0.25, 0.3) is 11.5 Å². The van der Waals surface area contributed by atoms with Gasteiger partial charge < -0.3 is 21.4 Å². The first-order valence-corrected chi connectivity index (χ1v) is 9.36. The smallest absolute Gasteiger partial charge is 0.258 e. The molecule has 0 aliphatic carbocycles. The summed E-state index contributed by atoms with van der Waals surface area (Å²) in [5.74, 6) is 6.13. The Bertz CT molecular complexity index is 1110. The van der Waals surface area contributed by atoms with Crippen molar-refractivity contribution in [2.45, 2.75) is 12.8 Å². The number of H-pyrrole nitrogens is 1. The van der Waals surface area contributed by atoms with E-state index in [0.29, 0.717) is 36.1 Å². The normalized spacial score (nSPS) is 11.4. The number of fused-ring (bicyclic) bond motifs is 1. The predicted molar refractivity (Wildman–Crippen MR) is 115 cm³/mol. The van der Waals surface area contributed by atoms with Gasteiger partial charge in [-0.25, -0.2) is 4.98 Å². The third-order valence-electron chi connectivity index (χ3n) is 4.44. The summed E-state index contributed by atoms with van der Waals surface area (Å²) in [4.78, 5) is 30.5. The van der Waals surface area contributed by atoms with Crippen LogP contribution >= 0.6 is 0 Å². The number of nitrogens with zero attached hydrogens (tertiary/aromatic N) is 1. The van der Waals surface area contributed by atoms with Gasteiger partial charge in [-0.1, -0.05) is 17.9 Å². The number of hydrogen-bond acceptors (Lipinski definition) is 5. The number of nitrogens with two attached hydrogens (primary N) is 1. The van der Waals surface area contributed by atoms with Crippen LogP contribution < -0.4 is 21.9 Å². The van der Waals surface area contributed by atoms with Crippen molar-refractivity contribution in [1.29, 1.82) is 0 Å². The number of nitrogens with one attached hydrogen (secondary N) is 3. The van der Waals surface area contributed by atoms with E-state index >= 15 is 0 Å². The first kappa shape index (κ1) is 20.1. The van der Waals surface area contributed by atoms with Crippen molar-refractivity contribution in [3.8, 4) is 11.8 Å². The molecule has 0 spiro atoms. The van der Waals surface area contributed by atoms with Crippen LogP contribution in [0.15, 0.2) is 53.6 Å². The molecular formula is C22H23N5O2. The molecule has 0 aliphatic heterocycles. The lowest BCUT2D eigenvalue weighted by Gasteiger charge is -2.07. The number of hydrogen-bond donors (Lipinski definition) is 4. The lowest BCUT2D eigenvalue weighted by molar-refractivity contribution is 0.0955. The second-order valence-electron chi connectivity index (χ2n) is 6.53. The zero-order chi connectivity index (χ0) is 20.6. The lowest BCUT2D eigenvalue weighted by Crippen LogP contribution is -2.28. The van der Waals surface area contributed by atoms with Crippen molar-refractivity contribution in [2.24, 2.45) is 5.73 Å². The lowest BCUT2D eigenvalue weighted by atomic mass is 10.00. The van der Waals surface area contributed by atoms with Crippen molar-refractivity contribution >= 4 is 22.5 Å². The third kappa shape index (κ3) is 5.21. The summed E-state index contributed by atoms with van der Waals surface area (Å²) < 4.78 is 0. The van der Waals surface area contributed by atoms with Crippen LogP contribution in [0.5, 0.6) is 0 Å². The average Bonchev–Trinajstić information content (AvgIpc) is 2.75. The van der Waals surface area contributed by atoms with Crippen molar-refractivity contribution in [3.05, 3.63) is 70.3 Å². The molecular weight excluding hydrogens is 366 g/mol. The number of aromatic amines is 1. The highest BCUT2D eigenvalue weighted by molar-refractivity contribution is 5.94. The van der Waals surface area contributed by atoms with E-state index in [0.717, 1.165) is 11.3 Å². The van der Waals surface area contributed by atoms with Crippen molar-refractivity contribution in [3.63, 3.8) is 0 Å². The van der Waals surface area contributed by atoms with E-state index < -0.39 is 0 Å². The Morgan fingerprint density at radius 3 is 2.79 bits per heavy atom. The first-order chi connectivity index (χ1) is 14.1. The number of carbonyl (C=O) groups is 1. The highest BCUT2D eigenvalue weighted by atomic mass is 16.1. The molecule has 1 heterocycles. The first-order valence-electron chi connectivity index (χ1n) is 9.36. The van der Waals surface area contributed by atoms with E-state index in [-0.39, 0.29) is 17.4 Å². The largest absolute Gasteiger partial charge is 0.374 e. The van der Waals surface area contributed by atoms with Gasteiger partial charge >= 0.3 is 0 Å². The molecule has 0 bridgehead atoms. The zero-order valence-electron chi connectivity index (χ0n) is 16.2. The Balaban J connectivity index is 1.58. The Kier molecular flexibility index (Phi) is 6.61. The minimum atomic E-state index is -0.154. The second-order valence-corrected chi connectivity index (χ2v) is 6.53. The molecule has 29 heavy (non-hydrogen) atoms. The third-order valence-corrected chi connectivity index (χ3v) is 4.44. The SMILES string of the molecule is CC(C#CCNc1ccc(C(=O)NCCN)cc1)c1ccc2nc[nH]c(=O)c2c1. The van der Waals surface area contributed by atoms with Gasteiger partial charge in [-0.2, -0.15) is 0 Å². The van der Waals surface area contributed by atoms with Gasteiger partial charge in [0.15, 0.2) is 0 Å². The standard InChI is InChI=1S/C22H23N5O2/c1-15(17-6-9-20-19(13-17)22(29)27-14-26-20)3-2-11-24-18-7-4-16(5-8-18)21(28)25-12-10-23/h4-9,13-15,24H,10-12,23H2,1H3,(H,25,28)(H,26,27,29). The molecule has 7 heteroatoms. The molecule has 7 nitrogen and oxygen atoms in total. The highest BCUT2D eigenvalue weighted by Crippen LogP contribution is 2.17. The molecule has 1 atom stereocenters. The fourth-order valence-electron chi connectivity index (χ4n) is 2.82. The number of anilines is 1. The molecule has 2 aromatic carbocycles. The predicted octanol–water partition coefficient (Wildman–Crippen LogP) is 1.83. The van der Waals surface area contributed by atoms with Gasteiger partial charge in [-0.3, -0.25) is 9.59 Å². The van der Waals surface area contributed by atoms with Gasteiger partial charge in [-0.15, -0.1) is 0 Å². The number of carbonyl (C=O) groups excluding carboxylic acids is 1. The Labute approximate surface area is 168 Å². The number of rotatable bonds is 6. The maximum atomic E-state index is 11.9. The zero-order valence-corrected chi connectivity index (χ0v) is 16.2. The molecule has 3 rings (SSSR count). The Morgan fingerprint density at radius 1 is 1.24 bits per heavy atom. The van der Waals surface area contributed by atoms with Crippen molar-refractivity contribution in [1.82, 2.24) is 15.3 Å². The van der Waals surface area contributed by atoms with Crippen LogP contribution in [0.2, 0.25) is 0 Å². The summed E-state index contributed by atoms with van der Waals surface area (Å²) in [6, 6.07) is 12.8. The highest BCUT2D eigenvalue weighted by Gasteiger charge is 2.06. The van der Waals surface area contributed by atoms with Crippen molar-refractivity contribution < 1.29 is 4.79 Å². The maximum Gasteiger partial charge on any atom is 0.258 e. The minimum Gasteiger partial charge on any atom is -0.374 e. The average molecular weight is 389 g/mol. The Hall–Kier alpha value is -3.63. The number of amides is 1. The molecule has 0 fully saturated rings. The second kappa shape index (κ2) is 9.53.